The standard InChI is InChI=1S/C13H18N4O2/c1-4-13(3)12(19)16-9(2)11(18)17(13)8-10-14-6-5-7-15-10/h5-7,9H,4,8H2,1-3H3,(H,16,19). The Bertz CT molecular complexity index is 491. The van der Waals surface area contributed by atoms with Crippen LogP contribution in [0.2, 0.25) is 0 Å². The quantitative estimate of drug-likeness (QED) is 0.860. The molecule has 1 aromatic heterocycles. The Morgan fingerprint density at radius 2 is 2.00 bits per heavy atom. The van der Waals surface area contributed by atoms with Crippen molar-refractivity contribution in [2.75, 3.05) is 0 Å². The molecule has 6 nitrogen and oxygen atoms in total. The molecule has 0 bridgehead atoms. The first kappa shape index (κ1) is 13.5. The summed E-state index contributed by atoms with van der Waals surface area (Å²) in [5, 5.41) is 2.72. The maximum atomic E-state index is 12.3. The van der Waals surface area contributed by atoms with Crippen LogP contribution in [0.5, 0.6) is 0 Å². The largest absolute Gasteiger partial charge is 0.343 e. The van der Waals surface area contributed by atoms with Crippen molar-refractivity contribution in [2.45, 2.75) is 45.3 Å². The van der Waals surface area contributed by atoms with Gasteiger partial charge in [-0.15, -0.1) is 0 Å². The van der Waals surface area contributed by atoms with Gasteiger partial charge in [0.1, 0.15) is 17.4 Å². The minimum Gasteiger partial charge on any atom is -0.343 e. The third kappa shape index (κ3) is 2.30. The first-order chi connectivity index (χ1) is 8.99. The van der Waals surface area contributed by atoms with E-state index in [4.69, 9.17) is 0 Å². The number of aromatic nitrogens is 2. The number of carbonyl (C=O) groups excluding carboxylic acids is 2. The smallest absolute Gasteiger partial charge is 0.246 e. The van der Waals surface area contributed by atoms with Gasteiger partial charge in [-0.1, -0.05) is 6.92 Å². The summed E-state index contributed by atoms with van der Waals surface area (Å²) in [6.45, 7) is 5.60. The number of carbonyl (C=O) groups is 2. The third-order valence-corrected chi connectivity index (χ3v) is 3.68. The number of piperazine rings is 1. The van der Waals surface area contributed by atoms with Crippen LogP contribution in [-0.2, 0) is 16.1 Å². The van der Waals surface area contributed by atoms with Crippen LogP contribution in [0.1, 0.15) is 33.0 Å². The Labute approximate surface area is 112 Å². The van der Waals surface area contributed by atoms with Crippen LogP contribution in [0.15, 0.2) is 18.5 Å². The fourth-order valence-corrected chi connectivity index (χ4v) is 2.17. The summed E-state index contributed by atoms with van der Waals surface area (Å²) < 4.78 is 0. The number of nitrogens with zero attached hydrogens (tertiary/aromatic N) is 3. The third-order valence-electron chi connectivity index (χ3n) is 3.68. The van der Waals surface area contributed by atoms with Crippen molar-refractivity contribution < 1.29 is 9.59 Å². The Hall–Kier alpha value is -1.98. The van der Waals surface area contributed by atoms with E-state index in [-0.39, 0.29) is 18.4 Å². The summed E-state index contributed by atoms with van der Waals surface area (Å²) in [6, 6.07) is 1.21. The van der Waals surface area contributed by atoms with Gasteiger partial charge in [0.15, 0.2) is 0 Å². The number of hydrogen-bond donors (Lipinski definition) is 1. The van der Waals surface area contributed by atoms with Gasteiger partial charge in [0.2, 0.25) is 11.8 Å². The van der Waals surface area contributed by atoms with Crippen molar-refractivity contribution in [1.82, 2.24) is 20.2 Å². The normalized spacial score (nSPS) is 27.3. The predicted molar refractivity (Wildman–Crippen MR) is 68.9 cm³/mol. The van der Waals surface area contributed by atoms with Gasteiger partial charge in [0, 0.05) is 12.4 Å². The minimum absolute atomic E-state index is 0.101. The molecule has 2 heterocycles. The van der Waals surface area contributed by atoms with Gasteiger partial charge in [-0.05, 0) is 26.3 Å². The van der Waals surface area contributed by atoms with E-state index in [2.05, 4.69) is 15.3 Å². The second kappa shape index (κ2) is 4.95. The van der Waals surface area contributed by atoms with E-state index in [1.54, 1.807) is 37.2 Å². The number of hydrogen-bond acceptors (Lipinski definition) is 4. The topological polar surface area (TPSA) is 75.2 Å². The van der Waals surface area contributed by atoms with Crippen molar-refractivity contribution in [2.24, 2.45) is 0 Å². The highest BCUT2D eigenvalue weighted by atomic mass is 16.2. The monoisotopic (exact) mass is 262 g/mol. The van der Waals surface area contributed by atoms with Crippen LogP contribution >= 0.6 is 0 Å². The fourth-order valence-electron chi connectivity index (χ4n) is 2.17. The van der Waals surface area contributed by atoms with Crippen LogP contribution in [-0.4, -0.2) is 38.3 Å². The molecule has 6 heteroatoms. The molecule has 2 amide bonds. The average molecular weight is 262 g/mol. The zero-order valence-corrected chi connectivity index (χ0v) is 11.4. The molecule has 0 aliphatic carbocycles. The molecule has 1 N–H and O–H groups in total. The highest BCUT2D eigenvalue weighted by Gasteiger charge is 2.47. The van der Waals surface area contributed by atoms with Crippen LogP contribution in [0.25, 0.3) is 0 Å². The lowest BCUT2D eigenvalue weighted by atomic mass is 9.91. The highest BCUT2D eigenvalue weighted by molar-refractivity contribution is 5.99. The molecule has 0 saturated carbocycles. The van der Waals surface area contributed by atoms with Gasteiger partial charge >= 0.3 is 0 Å². The minimum atomic E-state index is -0.844. The second-order valence-electron chi connectivity index (χ2n) is 4.91. The predicted octanol–water partition coefficient (Wildman–Crippen LogP) is 0.492. The fraction of sp³-hybridized carbons (Fsp3) is 0.538. The average Bonchev–Trinajstić information content (AvgIpc) is 2.42. The van der Waals surface area contributed by atoms with Crippen molar-refractivity contribution in [3.8, 4) is 0 Å². The van der Waals surface area contributed by atoms with E-state index in [1.807, 2.05) is 6.92 Å². The summed E-state index contributed by atoms with van der Waals surface area (Å²) in [7, 11) is 0. The van der Waals surface area contributed by atoms with E-state index >= 15 is 0 Å². The Balaban J connectivity index is 2.32. The molecular formula is C13H18N4O2. The SMILES string of the molecule is CCC1(C)C(=O)NC(C)C(=O)N1Cc1ncccn1. The number of nitrogens with one attached hydrogen (secondary N) is 1. The molecule has 0 radical (unpaired) electrons. The van der Waals surface area contributed by atoms with Gasteiger partial charge in [0.25, 0.3) is 0 Å². The molecule has 102 valence electrons. The first-order valence-corrected chi connectivity index (χ1v) is 6.37. The summed E-state index contributed by atoms with van der Waals surface area (Å²) in [5.41, 5.74) is -0.844. The molecular weight excluding hydrogens is 244 g/mol. The second-order valence-corrected chi connectivity index (χ2v) is 4.91. The van der Waals surface area contributed by atoms with E-state index < -0.39 is 11.6 Å². The molecule has 1 saturated heterocycles. The molecule has 2 unspecified atom stereocenters. The van der Waals surface area contributed by atoms with Gasteiger partial charge in [-0.3, -0.25) is 9.59 Å². The number of rotatable bonds is 3. The van der Waals surface area contributed by atoms with Gasteiger partial charge in [0.05, 0.1) is 6.54 Å². The van der Waals surface area contributed by atoms with Crippen LogP contribution < -0.4 is 5.32 Å². The van der Waals surface area contributed by atoms with Crippen LogP contribution in [0.3, 0.4) is 0 Å². The molecule has 1 aliphatic rings. The zero-order chi connectivity index (χ0) is 14.0. The molecule has 2 atom stereocenters. The van der Waals surface area contributed by atoms with Gasteiger partial charge in [-0.25, -0.2) is 9.97 Å². The molecule has 0 aromatic carbocycles. The molecule has 1 fully saturated rings. The summed E-state index contributed by atoms with van der Waals surface area (Å²) >= 11 is 0. The van der Waals surface area contributed by atoms with E-state index in [0.717, 1.165) is 0 Å². The van der Waals surface area contributed by atoms with Crippen molar-refractivity contribution in [3.63, 3.8) is 0 Å². The van der Waals surface area contributed by atoms with E-state index in [0.29, 0.717) is 12.2 Å². The highest BCUT2D eigenvalue weighted by Crippen LogP contribution is 2.26. The molecule has 2 rings (SSSR count). The first-order valence-electron chi connectivity index (χ1n) is 6.37. The Kier molecular flexibility index (Phi) is 3.50. The van der Waals surface area contributed by atoms with Crippen molar-refractivity contribution in [3.05, 3.63) is 24.3 Å². The summed E-state index contributed by atoms with van der Waals surface area (Å²) in [5.74, 6) is 0.312. The van der Waals surface area contributed by atoms with Gasteiger partial charge < -0.3 is 10.2 Å². The van der Waals surface area contributed by atoms with E-state index in [9.17, 15) is 9.59 Å². The molecule has 1 aliphatic heterocycles. The molecule has 0 spiro atoms. The maximum absolute atomic E-state index is 12.3. The van der Waals surface area contributed by atoms with Crippen molar-refractivity contribution in [1.29, 1.82) is 0 Å². The lowest BCUT2D eigenvalue weighted by Crippen LogP contribution is -2.68. The maximum Gasteiger partial charge on any atom is 0.246 e. The van der Waals surface area contributed by atoms with Crippen LogP contribution in [0, 0.1) is 0 Å². The van der Waals surface area contributed by atoms with Gasteiger partial charge in [-0.2, -0.15) is 0 Å². The van der Waals surface area contributed by atoms with Crippen molar-refractivity contribution >= 4 is 11.8 Å². The summed E-state index contributed by atoms with van der Waals surface area (Å²) in [6.07, 6.45) is 3.80. The summed E-state index contributed by atoms with van der Waals surface area (Å²) in [4.78, 5) is 34.3. The Morgan fingerprint density at radius 1 is 1.37 bits per heavy atom. The zero-order valence-electron chi connectivity index (χ0n) is 11.4. The molecule has 19 heavy (non-hydrogen) atoms. The lowest BCUT2D eigenvalue weighted by molar-refractivity contribution is -0.157. The molecule has 1 aromatic rings. The van der Waals surface area contributed by atoms with E-state index in [1.165, 1.54) is 0 Å². The Morgan fingerprint density at radius 3 is 2.58 bits per heavy atom. The van der Waals surface area contributed by atoms with Crippen LogP contribution in [0.4, 0.5) is 0 Å². The number of amides is 2. The lowest BCUT2D eigenvalue weighted by Gasteiger charge is -2.44.